The van der Waals surface area contributed by atoms with Crippen molar-refractivity contribution in [3.8, 4) is 5.75 Å². The largest absolute Gasteiger partial charge is 0.497 e. The van der Waals surface area contributed by atoms with Crippen LogP contribution in [0.1, 0.15) is 34.9 Å². The Morgan fingerprint density at radius 3 is 2.27 bits per heavy atom. The van der Waals surface area contributed by atoms with Crippen LogP contribution in [0.15, 0.2) is 48.5 Å². The lowest BCUT2D eigenvalue weighted by atomic mass is 10.1. The number of benzene rings is 2. The van der Waals surface area contributed by atoms with Gasteiger partial charge in [0.1, 0.15) is 11.6 Å². The number of methoxy groups -OCH3 is 1. The quantitative estimate of drug-likeness (QED) is 0.736. The van der Waals surface area contributed by atoms with Crippen molar-refractivity contribution in [1.82, 2.24) is 4.90 Å². The van der Waals surface area contributed by atoms with Gasteiger partial charge in [0, 0.05) is 25.5 Å². The van der Waals surface area contributed by atoms with Gasteiger partial charge in [-0.25, -0.2) is 4.39 Å². The molecule has 1 N–H and O–H groups in total. The highest BCUT2D eigenvalue weighted by atomic mass is 19.1. The van der Waals surface area contributed by atoms with Crippen LogP contribution in [0.2, 0.25) is 0 Å². The second-order valence-corrected chi connectivity index (χ2v) is 5.99. The lowest BCUT2D eigenvalue weighted by Crippen LogP contribution is -2.31. The molecule has 2 aromatic rings. The summed E-state index contributed by atoms with van der Waals surface area (Å²) >= 11 is 0. The minimum Gasteiger partial charge on any atom is -0.497 e. The Bertz CT molecular complexity index is 743. The molecule has 0 heterocycles. The van der Waals surface area contributed by atoms with Crippen LogP contribution in [-0.4, -0.2) is 42.4 Å². The van der Waals surface area contributed by atoms with E-state index in [1.807, 2.05) is 0 Å². The van der Waals surface area contributed by atoms with Crippen LogP contribution in [0.3, 0.4) is 0 Å². The molecule has 2 aromatic carbocycles. The molecule has 0 saturated carbocycles. The first-order chi connectivity index (χ1) is 12.4. The summed E-state index contributed by atoms with van der Waals surface area (Å²) in [5.41, 5.74) is 1.05. The minimum atomic E-state index is -0.831. The number of aliphatic hydroxyl groups is 1. The van der Waals surface area contributed by atoms with Crippen molar-refractivity contribution in [3.63, 3.8) is 0 Å². The van der Waals surface area contributed by atoms with Gasteiger partial charge in [-0.15, -0.1) is 0 Å². The van der Waals surface area contributed by atoms with Gasteiger partial charge in [-0.3, -0.25) is 9.59 Å². The molecule has 0 aliphatic heterocycles. The number of carbonyl (C=O) groups excluding carboxylic acids is 2. The van der Waals surface area contributed by atoms with Gasteiger partial charge in [-0.2, -0.15) is 0 Å². The number of nitrogens with zero attached hydrogens (tertiary/aromatic N) is 1. The number of carbonyl (C=O) groups is 2. The molecule has 0 bridgehead atoms. The van der Waals surface area contributed by atoms with Crippen LogP contribution < -0.4 is 4.74 Å². The molecule has 0 fully saturated rings. The fourth-order valence-electron chi connectivity index (χ4n) is 2.48. The zero-order chi connectivity index (χ0) is 19.1. The minimum absolute atomic E-state index is 0.0298. The highest BCUT2D eigenvalue weighted by Crippen LogP contribution is 2.18. The summed E-state index contributed by atoms with van der Waals surface area (Å²) in [7, 11) is 3.14. The van der Waals surface area contributed by atoms with E-state index in [1.54, 1.807) is 38.4 Å². The molecule has 0 saturated heterocycles. The van der Waals surface area contributed by atoms with Gasteiger partial charge in [0.25, 0.3) is 0 Å². The predicted molar refractivity (Wildman–Crippen MR) is 95.6 cm³/mol. The fraction of sp³-hybridized carbons (Fsp3) is 0.300. The maximum atomic E-state index is 12.9. The van der Waals surface area contributed by atoms with Gasteiger partial charge in [0.2, 0.25) is 5.91 Å². The Kier molecular flexibility index (Phi) is 6.86. The van der Waals surface area contributed by atoms with Crippen LogP contribution >= 0.6 is 0 Å². The van der Waals surface area contributed by atoms with Crippen molar-refractivity contribution >= 4 is 11.7 Å². The van der Waals surface area contributed by atoms with E-state index in [0.717, 1.165) is 0 Å². The fourth-order valence-corrected chi connectivity index (χ4v) is 2.48. The van der Waals surface area contributed by atoms with Crippen molar-refractivity contribution < 1.29 is 23.8 Å². The molecule has 2 rings (SSSR count). The molecule has 0 aromatic heterocycles. The molecule has 0 aliphatic carbocycles. The number of aliphatic hydroxyl groups excluding tert-OH is 1. The van der Waals surface area contributed by atoms with Crippen molar-refractivity contribution in [2.24, 2.45) is 0 Å². The Balaban J connectivity index is 1.84. The van der Waals surface area contributed by atoms with E-state index >= 15 is 0 Å². The smallest absolute Gasteiger partial charge is 0.222 e. The van der Waals surface area contributed by atoms with Crippen molar-refractivity contribution in [3.05, 3.63) is 65.5 Å². The highest BCUT2D eigenvalue weighted by molar-refractivity contribution is 5.97. The van der Waals surface area contributed by atoms with Crippen LogP contribution in [0, 0.1) is 5.82 Å². The Morgan fingerprint density at radius 2 is 1.69 bits per heavy atom. The van der Waals surface area contributed by atoms with Crippen molar-refractivity contribution in [2.75, 3.05) is 20.7 Å². The van der Waals surface area contributed by atoms with Gasteiger partial charge >= 0.3 is 0 Å². The third kappa shape index (κ3) is 5.39. The molecule has 1 amide bonds. The van der Waals surface area contributed by atoms with Gasteiger partial charge < -0.3 is 14.7 Å². The maximum Gasteiger partial charge on any atom is 0.222 e. The zero-order valence-electron chi connectivity index (χ0n) is 14.8. The molecule has 0 radical (unpaired) electrons. The summed E-state index contributed by atoms with van der Waals surface area (Å²) < 4.78 is 17.9. The van der Waals surface area contributed by atoms with E-state index in [0.29, 0.717) is 16.9 Å². The lowest BCUT2D eigenvalue weighted by Gasteiger charge is -2.21. The van der Waals surface area contributed by atoms with Gasteiger partial charge in [-0.05, 0) is 42.0 Å². The Hall–Kier alpha value is -2.73. The monoisotopic (exact) mass is 359 g/mol. The summed E-state index contributed by atoms with van der Waals surface area (Å²) in [6, 6.07) is 12.2. The Morgan fingerprint density at radius 1 is 1.08 bits per heavy atom. The summed E-state index contributed by atoms with van der Waals surface area (Å²) in [4.78, 5) is 25.6. The second-order valence-electron chi connectivity index (χ2n) is 5.99. The molecular weight excluding hydrogens is 337 g/mol. The van der Waals surface area contributed by atoms with Gasteiger partial charge in [-0.1, -0.05) is 12.1 Å². The number of hydrogen-bond acceptors (Lipinski definition) is 4. The van der Waals surface area contributed by atoms with E-state index in [1.165, 1.54) is 29.2 Å². The number of ketones is 1. The second kappa shape index (κ2) is 9.10. The summed E-state index contributed by atoms with van der Waals surface area (Å²) in [5, 5.41) is 10.2. The topological polar surface area (TPSA) is 66.8 Å². The zero-order valence-corrected chi connectivity index (χ0v) is 14.8. The summed E-state index contributed by atoms with van der Waals surface area (Å²) in [5.74, 6) is -0.190. The molecule has 0 aliphatic rings. The summed E-state index contributed by atoms with van der Waals surface area (Å²) in [6.45, 7) is 0.121. The first-order valence-corrected chi connectivity index (χ1v) is 8.25. The highest BCUT2D eigenvalue weighted by Gasteiger charge is 2.17. The number of rotatable bonds is 8. The lowest BCUT2D eigenvalue weighted by molar-refractivity contribution is -0.131. The number of halogens is 1. The van der Waals surface area contributed by atoms with Gasteiger partial charge in [0.05, 0.1) is 19.8 Å². The normalized spacial score (nSPS) is 11.7. The third-order valence-corrected chi connectivity index (χ3v) is 4.11. The molecule has 1 atom stereocenters. The van der Waals surface area contributed by atoms with E-state index in [-0.39, 0.29) is 31.1 Å². The standard InChI is InChI=1S/C20H22FNO4/c1-22(13-19(24)15-5-9-17(26-2)10-6-15)20(25)12-11-18(23)14-3-7-16(21)8-4-14/h3-10,19,24H,11-13H2,1-2H3. The van der Waals surface area contributed by atoms with Crippen LogP contribution in [0.4, 0.5) is 4.39 Å². The number of hydrogen-bond donors (Lipinski definition) is 1. The molecule has 6 heteroatoms. The first-order valence-electron chi connectivity index (χ1n) is 8.25. The van der Waals surface area contributed by atoms with Crippen LogP contribution in [0.5, 0.6) is 5.75 Å². The van der Waals surface area contributed by atoms with E-state index < -0.39 is 11.9 Å². The van der Waals surface area contributed by atoms with E-state index in [4.69, 9.17) is 4.74 Å². The molecule has 26 heavy (non-hydrogen) atoms. The molecule has 5 nitrogen and oxygen atoms in total. The SMILES string of the molecule is COc1ccc(C(O)CN(C)C(=O)CCC(=O)c2ccc(F)cc2)cc1. The predicted octanol–water partition coefficient (Wildman–Crippen LogP) is 2.99. The van der Waals surface area contributed by atoms with Gasteiger partial charge in [0.15, 0.2) is 5.78 Å². The number of ether oxygens (including phenoxy) is 1. The molecular formula is C20H22FNO4. The molecule has 1 unspecified atom stereocenters. The first kappa shape index (κ1) is 19.6. The average molecular weight is 359 g/mol. The molecule has 0 spiro atoms. The van der Waals surface area contributed by atoms with Crippen LogP contribution in [0.25, 0.3) is 0 Å². The van der Waals surface area contributed by atoms with Crippen molar-refractivity contribution in [1.29, 1.82) is 0 Å². The number of amides is 1. The Labute approximate surface area is 152 Å². The van der Waals surface area contributed by atoms with E-state index in [2.05, 4.69) is 0 Å². The maximum absolute atomic E-state index is 12.9. The van der Waals surface area contributed by atoms with E-state index in [9.17, 15) is 19.1 Å². The third-order valence-electron chi connectivity index (χ3n) is 4.11. The number of Topliss-reactive ketones (excluding diaryl/α,β-unsaturated/α-hetero) is 1. The summed E-state index contributed by atoms with van der Waals surface area (Å²) in [6.07, 6.45) is -0.766. The molecule has 138 valence electrons. The van der Waals surface area contributed by atoms with Crippen molar-refractivity contribution in [2.45, 2.75) is 18.9 Å². The average Bonchev–Trinajstić information content (AvgIpc) is 2.66. The van der Waals surface area contributed by atoms with Crippen LogP contribution in [-0.2, 0) is 4.79 Å². The number of likely N-dealkylation sites (N-methyl/N-ethyl adjacent to an activating group) is 1.